The van der Waals surface area contributed by atoms with Gasteiger partial charge in [-0.1, -0.05) is 12.1 Å². The van der Waals surface area contributed by atoms with E-state index in [1.54, 1.807) is 41.2 Å². The molecule has 0 bridgehead atoms. The Balaban J connectivity index is 1.69. The topological polar surface area (TPSA) is 56.1 Å². The average molecular weight is 500 g/mol. The van der Waals surface area contributed by atoms with Crippen LogP contribution in [0.2, 0.25) is 0 Å². The SMILES string of the molecule is Cc1cc(C)c([C@@H](Oc2ccc3c(cnn3-c3ccc(F)cc3)c2)[C@H](C)NC(=O)C(F)(F)F)cc1C. The maximum absolute atomic E-state index is 13.3. The van der Waals surface area contributed by atoms with Crippen molar-refractivity contribution in [3.63, 3.8) is 0 Å². The lowest BCUT2D eigenvalue weighted by Crippen LogP contribution is -2.45. The Morgan fingerprint density at radius 1 is 0.972 bits per heavy atom. The Morgan fingerprint density at radius 3 is 2.31 bits per heavy atom. The zero-order valence-electron chi connectivity index (χ0n) is 20.2. The van der Waals surface area contributed by atoms with E-state index in [0.717, 1.165) is 27.6 Å². The van der Waals surface area contributed by atoms with E-state index in [1.807, 2.05) is 38.2 Å². The minimum Gasteiger partial charge on any atom is -0.484 e. The standard InChI is InChI=1S/C27H25F4N3O2/c1-15-11-17(3)23(12-16(15)2)25(18(4)33-26(35)27(29,30)31)36-22-9-10-24-19(13-22)14-32-34(24)21-7-5-20(28)6-8-21/h5-14,18,25H,1-4H3,(H,33,35)/t18-,25-/m0/s1. The normalized spacial score (nSPS) is 13.4. The zero-order valence-corrected chi connectivity index (χ0v) is 20.2. The Kier molecular flexibility index (Phi) is 6.75. The highest BCUT2D eigenvalue weighted by Gasteiger charge is 2.40. The second-order valence-corrected chi connectivity index (χ2v) is 8.84. The van der Waals surface area contributed by atoms with Gasteiger partial charge in [0.2, 0.25) is 0 Å². The zero-order chi connectivity index (χ0) is 26.2. The minimum absolute atomic E-state index is 0.356. The summed E-state index contributed by atoms with van der Waals surface area (Å²) in [6.07, 6.45) is -4.28. The molecule has 0 radical (unpaired) electrons. The van der Waals surface area contributed by atoms with Crippen molar-refractivity contribution < 1.29 is 27.1 Å². The maximum atomic E-state index is 13.3. The minimum atomic E-state index is -5.01. The number of carbonyl (C=O) groups excluding carboxylic acids is 1. The Labute approximate surface area is 205 Å². The number of hydrogen-bond donors (Lipinski definition) is 1. The molecule has 0 fully saturated rings. The number of alkyl halides is 3. The Bertz CT molecular complexity index is 1410. The summed E-state index contributed by atoms with van der Waals surface area (Å²) in [5.41, 5.74) is 4.92. The van der Waals surface area contributed by atoms with Crippen molar-refractivity contribution in [2.75, 3.05) is 0 Å². The number of hydrogen-bond acceptors (Lipinski definition) is 3. The molecule has 1 aromatic heterocycles. The number of ether oxygens (including phenoxy) is 1. The third-order valence-electron chi connectivity index (χ3n) is 6.13. The van der Waals surface area contributed by atoms with E-state index >= 15 is 0 Å². The number of nitrogens with zero attached hydrogens (tertiary/aromatic N) is 2. The number of amides is 1. The van der Waals surface area contributed by atoms with Gasteiger partial charge in [0, 0.05) is 5.39 Å². The molecule has 3 aromatic carbocycles. The quantitative estimate of drug-likeness (QED) is 0.318. The van der Waals surface area contributed by atoms with Gasteiger partial charge in [-0.25, -0.2) is 9.07 Å². The molecule has 4 aromatic rings. The van der Waals surface area contributed by atoms with E-state index in [0.29, 0.717) is 17.0 Å². The van der Waals surface area contributed by atoms with Crippen molar-refractivity contribution in [3.8, 4) is 11.4 Å². The number of aryl methyl sites for hydroxylation is 3. The fourth-order valence-electron chi connectivity index (χ4n) is 4.11. The maximum Gasteiger partial charge on any atom is 0.471 e. The van der Waals surface area contributed by atoms with E-state index < -0.39 is 24.2 Å². The van der Waals surface area contributed by atoms with Crippen LogP contribution >= 0.6 is 0 Å². The molecule has 0 aliphatic heterocycles. The number of benzene rings is 3. The number of fused-ring (bicyclic) bond motifs is 1. The van der Waals surface area contributed by atoms with Gasteiger partial charge in [-0.05, 0) is 92.4 Å². The second-order valence-electron chi connectivity index (χ2n) is 8.84. The van der Waals surface area contributed by atoms with Crippen molar-refractivity contribution in [1.82, 2.24) is 15.1 Å². The first-order chi connectivity index (χ1) is 16.9. The molecule has 1 N–H and O–H groups in total. The summed E-state index contributed by atoms with van der Waals surface area (Å²) in [5.74, 6) is -1.98. The highest BCUT2D eigenvalue weighted by Crippen LogP contribution is 2.32. The van der Waals surface area contributed by atoms with Gasteiger partial charge in [-0.2, -0.15) is 18.3 Å². The van der Waals surface area contributed by atoms with Crippen LogP contribution < -0.4 is 10.1 Å². The van der Waals surface area contributed by atoms with Gasteiger partial charge >= 0.3 is 12.1 Å². The third-order valence-corrected chi connectivity index (χ3v) is 6.13. The molecule has 188 valence electrons. The molecule has 0 aliphatic rings. The molecule has 0 aliphatic carbocycles. The summed E-state index contributed by atoms with van der Waals surface area (Å²) < 4.78 is 60.0. The number of nitrogens with one attached hydrogen (secondary N) is 1. The van der Waals surface area contributed by atoms with E-state index in [4.69, 9.17) is 4.74 Å². The van der Waals surface area contributed by atoms with E-state index in [-0.39, 0.29) is 5.82 Å². The van der Waals surface area contributed by atoms with Crippen LogP contribution in [-0.4, -0.2) is 27.9 Å². The lowest BCUT2D eigenvalue weighted by molar-refractivity contribution is -0.174. The lowest BCUT2D eigenvalue weighted by atomic mass is 9.94. The van der Waals surface area contributed by atoms with Crippen LogP contribution in [0.15, 0.2) is 60.8 Å². The van der Waals surface area contributed by atoms with Crippen LogP contribution in [0.5, 0.6) is 5.75 Å². The molecule has 0 unspecified atom stereocenters. The van der Waals surface area contributed by atoms with Crippen LogP contribution in [0, 0.1) is 26.6 Å². The van der Waals surface area contributed by atoms with Crippen molar-refractivity contribution >= 4 is 16.8 Å². The number of rotatable bonds is 6. The summed E-state index contributed by atoms with van der Waals surface area (Å²) in [6, 6.07) is 13.9. The Hall–Kier alpha value is -3.88. The molecule has 0 spiro atoms. The predicted octanol–water partition coefficient (Wildman–Crippen LogP) is 6.28. The molecule has 2 atom stereocenters. The van der Waals surface area contributed by atoms with Gasteiger partial charge in [0.05, 0.1) is 23.4 Å². The predicted molar refractivity (Wildman–Crippen MR) is 129 cm³/mol. The third kappa shape index (κ3) is 5.19. The first-order valence-corrected chi connectivity index (χ1v) is 11.3. The first-order valence-electron chi connectivity index (χ1n) is 11.3. The number of aromatic nitrogens is 2. The van der Waals surface area contributed by atoms with Crippen molar-refractivity contribution in [1.29, 1.82) is 0 Å². The molecule has 4 rings (SSSR count). The second kappa shape index (κ2) is 9.64. The van der Waals surface area contributed by atoms with Gasteiger partial charge in [0.25, 0.3) is 0 Å². The number of carbonyl (C=O) groups is 1. The molecule has 0 saturated heterocycles. The van der Waals surface area contributed by atoms with Gasteiger partial charge in [0.15, 0.2) is 0 Å². The highest BCUT2D eigenvalue weighted by molar-refractivity contribution is 5.82. The van der Waals surface area contributed by atoms with Gasteiger partial charge < -0.3 is 10.1 Å². The van der Waals surface area contributed by atoms with Crippen molar-refractivity contribution in [2.24, 2.45) is 0 Å². The summed E-state index contributed by atoms with van der Waals surface area (Å²) in [6.45, 7) is 7.19. The van der Waals surface area contributed by atoms with Crippen molar-refractivity contribution in [2.45, 2.75) is 46.0 Å². The van der Waals surface area contributed by atoms with Gasteiger partial charge in [0.1, 0.15) is 17.7 Å². The fraction of sp³-hybridized carbons (Fsp3) is 0.259. The van der Waals surface area contributed by atoms with Crippen LogP contribution in [0.3, 0.4) is 0 Å². The monoisotopic (exact) mass is 499 g/mol. The van der Waals surface area contributed by atoms with Gasteiger partial charge in [-0.15, -0.1) is 0 Å². The molecule has 1 amide bonds. The molecule has 0 saturated carbocycles. The molecular weight excluding hydrogens is 474 g/mol. The van der Waals surface area contributed by atoms with E-state index in [2.05, 4.69) is 5.10 Å². The fourth-order valence-corrected chi connectivity index (χ4v) is 4.11. The molecular formula is C27H25F4N3O2. The summed E-state index contributed by atoms with van der Waals surface area (Å²) in [7, 11) is 0. The largest absolute Gasteiger partial charge is 0.484 e. The van der Waals surface area contributed by atoms with Gasteiger partial charge in [-0.3, -0.25) is 4.79 Å². The van der Waals surface area contributed by atoms with E-state index in [9.17, 15) is 22.4 Å². The molecule has 5 nitrogen and oxygen atoms in total. The van der Waals surface area contributed by atoms with Crippen LogP contribution in [-0.2, 0) is 4.79 Å². The highest BCUT2D eigenvalue weighted by atomic mass is 19.4. The molecule has 36 heavy (non-hydrogen) atoms. The lowest BCUT2D eigenvalue weighted by Gasteiger charge is -2.28. The van der Waals surface area contributed by atoms with Crippen LogP contribution in [0.4, 0.5) is 17.6 Å². The average Bonchev–Trinajstić information content (AvgIpc) is 3.23. The molecule has 1 heterocycles. The first kappa shape index (κ1) is 25.2. The smallest absolute Gasteiger partial charge is 0.471 e. The Morgan fingerprint density at radius 2 is 1.64 bits per heavy atom. The summed E-state index contributed by atoms with van der Waals surface area (Å²) in [4.78, 5) is 11.7. The van der Waals surface area contributed by atoms with Crippen LogP contribution in [0.25, 0.3) is 16.6 Å². The van der Waals surface area contributed by atoms with Crippen LogP contribution in [0.1, 0.15) is 35.3 Å². The number of halogens is 4. The molecule has 9 heteroatoms. The van der Waals surface area contributed by atoms with E-state index in [1.165, 1.54) is 19.1 Å². The van der Waals surface area contributed by atoms with Crippen molar-refractivity contribution in [3.05, 3.63) is 88.9 Å². The summed E-state index contributed by atoms with van der Waals surface area (Å²) >= 11 is 0. The summed E-state index contributed by atoms with van der Waals surface area (Å²) in [5, 5.41) is 7.12.